The van der Waals surface area contributed by atoms with Gasteiger partial charge in [0, 0.05) is 0 Å². The fourth-order valence-electron chi connectivity index (χ4n) is 3.07. The van der Waals surface area contributed by atoms with E-state index < -0.39 is 0 Å². The number of benzene rings is 1. The molecule has 0 N–H and O–H groups in total. The first-order valence-electron chi connectivity index (χ1n) is 7.28. The van der Waals surface area contributed by atoms with Crippen LogP contribution in [0.2, 0.25) is 0 Å². The molecule has 0 aromatic heterocycles. The summed E-state index contributed by atoms with van der Waals surface area (Å²) in [6, 6.07) is 11.2. The predicted molar refractivity (Wildman–Crippen MR) is 75.3 cm³/mol. The Labute approximate surface area is 111 Å². The van der Waals surface area contributed by atoms with Gasteiger partial charge in [-0.3, -0.25) is 0 Å². The van der Waals surface area contributed by atoms with Crippen LogP contribution in [0.3, 0.4) is 0 Å². The van der Waals surface area contributed by atoms with E-state index in [4.69, 9.17) is 0 Å². The maximum atomic E-state index is 9.54. The highest BCUT2D eigenvalue weighted by molar-refractivity contribution is 5.36. The van der Waals surface area contributed by atoms with E-state index in [-0.39, 0.29) is 5.41 Å². The van der Waals surface area contributed by atoms with E-state index in [0.29, 0.717) is 0 Å². The van der Waals surface area contributed by atoms with Gasteiger partial charge in [-0.25, -0.2) is 0 Å². The van der Waals surface area contributed by atoms with E-state index in [0.717, 1.165) is 19.3 Å². The molecule has 18 heavy (non-hydrogen) atoms. The van der Waals surface area contributed by atoms with Gasteiger partial charge in [-0.2, -0.15) is 5.26 Å². The Balaban J connectivity index is 1.89. The van der Waals surface area contributed by atoms with Gasteiger partial charge in [-0.1, -0.05) is 63.3 Å². The normalized spacial score (nSPS) is 16.2. The first-order valence-corrected chi connectivity index (χ1v) is 7.28. The van der Waals surface area contributed by atoms with Crippen LogP contribution in [0.4, 0.5) is 0 Å². The van der Waals surface area contributed by atoms with Crippen molar-refractivity contribution in [1.29, 1.82) is 5.26 Å². The van der Waals surface area contributed by atoms with Crippen molar-refractivity contribution < 1.29 is 0 Å². The Hall–Kier alpha value is -1.29. The van der Waals surface area contributed by atoms with E-state index in [1.165, 1.54) is 43.2 Å². The van der Waals surface area contributed by atoms with E-state index >= 15 is 0 Å². The Morgan fingerprint density at radius 3 is 2.22 bits per heavy atom. The molecule has 1 aliphatic carbocycles. The second-order valence-electron chi connectivity index (χ2n) is 5.68. The molecule has 0 fully saturated rings. The molecule has 0 saturated heterocycles. The molecule has 0 saturated carbocycles. The van der Waals surface area contributed by atoms with Gasteiger partial charge in [0.05, 0.1) is 11.5 Å². The second-order valence-corrected chi connectivity index (χ2v) is 5.68. The minimum absolute atomic E-state index is 0.101. The lowest BCUT2D eigenvalue weighted by Gasteiger charge is -2.19. The van der Waals surface area contributed by atoms with Crippen LogP contribution in [0.25, 0.3) is 0 Å². The lowest BCUT2D eigenvalue weighted by molar-refractivity contribution is 0.364. The number of hydrogen-bond donors (Lipinski definition) is 0. The maximum absolute atomic E-state index is 9.54. The van der Waals surface area contributed by atoms with Gasteiger partial charge in [0.1, 0.15) is 0 Å². The third-order valence-electron chi connectivity index (χ3n) is 4.17. The Morgan fingerprint density at radius 1 is 1.06 bits per heavy atom. The van der Waals surface area contributed by atoms with Crippen molar-refractivity contribution in [2.45, 2.75) is 58.3 Å². The van der Waals surface area contributed by atoms with E-state index in [1.54, 1.807) is 0 Å². The average molecular weight is 241 g/mol. The van der Waals surface area contributed by atoms with Crippen LogP contribution in [0.15, 0.2) is 24.3 Å². The molecule has 1 aliphatic rings. The highest BCUT2D eigenvalue weighted by Gasteiger charge is 2.36. The van der Waals surface area contributed by atoms with Crippen molar-refractivity contribution in [2.24, 2.45) is 5.41 Å². The molecule has 0 aliphatic heterocycles. The van der Waals surface area contributed by atoms with E-state index in [1.807, 2.05) is 0 Å². The number of nitriles is 1. The zero-order valence-electron chi connectivity index (χ0n) is 11.4. The van der Waals surface area contributed by atoms with Gasteiger partial charge in [0.15, 0.2) is 0 Å². The van der Waals surface area contributed by atoms with Crippen LogP contribution in [0.1, 0.15) is 56.6 Å². The number of hydrogen-bond acceptors (Lipinski definition) is 1. The minimum atomic E-state index is -0.101. The third-order valence-corrected chi connectivity index (χ3v) is 4.17. The highest BCUT2D eigenvalue weighted by atomic mass is 14.4. The summed E-state index contributed by atoms with van der Waals surface area (Å²) in [6.45, 7) is 2.24. The van der Waals surface area contributed by atoms with Crippen molar-refractivity contribution >= 4 is 0 Å². The molecule has 2 rings (SSSR count). The summed E-state index contributed by atoms with van der Waals surface area (Å²) in [5.74, 6) is 0. The minimum Gasteiger partial charge on any atom is -0.198 e. The van der Waals surface area contributed by atoms with Crippen molar-refractivity contribution in [3.05, 3.63) is 35.4 Å². The van der Waals surface area contributed by atoms with Gasteiger partial charge in [0.25, 0.3) is 0 Å². The molecule has 1 aromatic carbocycles. The van der Waals surface area contributed by atoms with Crippen LogP contribution in [0, 0.1) is 16.7 Å². The maximum Gasteiger partial charge on any atom is 0.0696 e. The predicted octanol–water partition coefficient (Wildman–Crippen LogP) is 4.66. The largest absolute Gasteiger partial charge is 0.198 e. The lowest BCUT2D eigenvalue weighted by atomic mass is 9.81. The highest BCUT2D eigenvalue weighted by Crippen LogP contribution is 2.40. The summed E-state index contributed by atoms with van der Waals surface area (Å²) < 4.78 is 0. The van der Waals surface area contributed by atoms with Gasteiger partial charge in [-0.05, 0) is 30.4 Å². The molecule has 0 atom stereocenters. The summed E-state index contributed by atoms with van der Waals surface area (Å²) in [7, 11) is 0. The fraction of sp³-hybridized carbons (Fsp3) is 0.588. The average Bonchev–Trinajstić information content (AvgIpc) is 2.77. The second kappa shape index (κ2) is 6.05. The molecule has 1 nitrogen and oxygen atoms in total. The summed E-state index contributed by atoms with van der Waals surface area (Å²) in [5.41, 5.74) is 2.69. The summed E-state index contributed by atoms with van der Waals surface area (Å²) in [6.07, 6.45) is 9.44. The third kappa shape index (κ3) is 2.93. The quantitative estimate of drug-likeness (QED) is 0.665. The number of rotatable bonds is 6. The van der Waals surface area contributed by atoms with E-state index in [9.17, 15) is 5.26 Å². The summed E-state index contributed by atoms with van der Waals surface area (Å²) in [4.78, 5) is 0. The Morgan fingerprint density at radius 2 is 1.67 bits per heavy atom. The zero-order valence-corrected chi connectivity index (χ0v) is 11.4. The SMILES string of the molecule is CCCCCCCC1(C#N)Cc2ccccc2C1. The molecule has 0 spiro atoms. The molecule has 0 unspecified atom stereocenters. The molecular formula is C17H23N. The first kappa shape index (κ1) is 13.1. The molecular weight excluding hydrogens is 218 g/mol. The molecule has 0 amide bonds. The van der Waals surface area contributed by atoms with Gasteiger partial charge in [-0.15, -0.1) is 0 Å². The van der Waals surface area contributed by atoms with Crippen molar-refractivity contribution in [3.8, 4) is 6.07 Å². The molecule has 1 heteroatoms. The summed E-state index contributed by atoms with van der Waals surface area (Å²) >= 11 is 0. The molecule has 96 valence electrons. The van der Waals surface area contributed by atoms with Crippen LogP contribution in [-0.2, 0) is 12.8 Å². The van der Waals surface area contributed by atoms with Crippen molar-refractivity contribution in [1.82, 2.24) is 0 Å². The van der Waals surface area contributed by atoms with Crippen molar-refractivity contribution in [2.75, 3.05) is 0 Å². The van der Waals surface area contributed by atoms with Crippen molar-refractivity contribution in [3.63, 3.8) is 0 Å². The van der Waals surface area contributed by atoms with Crippen LogP contribution < -0.4 is 0 Å². The number of fused-ring (bicyclic) bond motifs is 1. The molecule has 0 radical (unpaired) electrons. The molecule has 0 heterocycles. The lowest BCUT2D eigenvalue weighted by Crippen LogP contribution is -2.18. The van der Waals surface area contributed by atoms with Gasteiger partial charge in [0.2, 0.25) is 0 Å². The fourth-order valence-corrected chi connectivity index (χ4v) is 3.07. The number of nitrogens with zero attached hydrogens (tertiary/aromatic N) is 1. The first-order chi connectivity index (χ1) is 8.79. The zero-order chi connectivity index (χ0) is 12.8. The van der Waals surface area contributed by atoms with Crippen LogP contribution in [0.5, 0.6) is 0 Å². The Bertz CT molecular complexity index is 402. The van der Waals surface area contributed by atoms with Gasteiger partial charge >= 0.3 is 0 Å². The topological polar surface area (TPSA) is 23.8 Å². The van der Waals surface area contributed by atoms with Crippen LogP contribution >= 0.6 is 0 Å². The standard InChI is InChI=1S/C17H23N/c1-2-3-4-5-8-11-17(14-18)12-15-9-6-7-10-16(15)13-17/h6-7,9-10H,2-5,8,11-13H2,1H3. The molecule has 0 bridgehead atoms. The Kier molecular flexibility index (Phi) is 4.42. The van der Waals surface area contributed by atoms with Crippen LogP contribution in [-0.4, -0.2) is 0 Å². The summed E-state index contributed by atoms with van der Waals surface area (Å²) in [5, 5.41) is 9.54. The van der Waals surface area contributed by atoms with E-state index in [2.05, 4.69) is 37.3 Å². The monoisotopic (exact) mass is 241 g/mol. The smallest absolute Gasteiger partial charge is 0.0696 e. The van der Waals surface area contributed by atoms with Gasteiger partial charge < -0.3 is 0 Å². The molecule has 1 aromatic rings. The number of unbranched alkanes of at least 4 members (excludes halogenated alkanes) is 4.